The molecule has 0 bridgehead atoms. The fourth-order valence-corrected chi connectivity index (χ4v) is 1.90. The number of nitro groups is 1. The van der Waals surface area contributed by atoms with Crippen LogP contribution in [0.4, 0.5) is 11.4 Å². The quantitative estimate of drug-likeness (QED) is 0.536. The Hall–Kier alpha value is -1.86. The number of aliphatic hydroxyl groups is 1. The summed E-state index contributed by atoms with van der Waals surface area (Å²) in [7, 11) is 1.56. The number of non-ortho nitro benzene ring substituents is 1. The number of rotatable bonds is 9. The van der Waals surface area contributed by atoms with Crippen LogP contribution in [-0.4, -0.2) is 42.5 Å². The van der Waals surface area contributed by atoms with Crippen LogP contribution in [-0.2, 0) is 4.74 Å². The molecule has 0 aliphatic carbocycles. The molecule has 1 rings (SSSR count). The highest BCUT2D eigenvalue weighted by molar-refractivity contribution is 5.56. The standard InChI is InChI=1S/C14H22N2O5/c1-10(2)21-14-7-12(6-13(8-14)16(18)19)15-11(4-5-17)9-20-3/h6-8,10-11,15,17H,4-5,9H2,1-3H3. The van der Waals surface area contributed by atoms with Crippen molar-refractivity contribution in [2.24, 2.45) is 0 Å². The zero-order valence-corrected chi connectivity index (χ0v) is 12.5. The van der Waals surface area contributed by atoms with Crippen LogP contribution in [0.5, 0.6) is 5.75 Å². The maximum absolute atomic E-state index is 11.0. The topological polar surface area (TPSA) is 93.9 Å². The van der Waals surface area contributed by atoms with Gasteiger partial charge in [-0.2, -0.15) is 0 Å². The minimum Gasteiger partial charge on any atom is -0.491 e. The summed E-state index contributed by atoms with van der Waals surface area (Å²) in [5.41, 5.74) is 0.520. The Morgan fingerprint density at radius 1 is 1.38 bits per heavy atom. The number of nitrogens with zero attached hydrogens (tertiary/aromatic N) is 1. The summed E-state index contributed by atoms with van der Waals surface area (Å²) in [6.45, 7) is 4.10. The van der Waals surface area contributed by atoms with Crippen molar-refractivity contribution in [1.29, 1.82) is 0 Å². The highest BCUT2D eigenvalue weighted by atomic mass is 16.6. The monoisotopic (exact) mass is 298 g/mol. The lowest BCUT2D eigenvalue weighted by atomic mass is 10.2. The Kier molecular flexibility index (Phi) is 6.90. The molecule has 0 heterocycles. The van der Waals surface area contributed by atoms with E-state index in [1.807, 2.05) is 13.8 Å². The van der Waals surface area contributed by atoms with Crippen molar-refractivity contribution in [3.63, 3.8) is 0 Å². The molecule has 0 saturated carbocycles. The maximum Gasteiger partial charge on any atom is 0.275 e. The Bertz CT molecular complexity index is 459. The number of methoxy groups -OCH3 is 1. The molecule has 0 aliphatic rings. The van der Waals surface area contributed by atoms with Crippen molar-refractivity contribution in [1.82, 2.24) is 0 Å². The first-order chi connectivity index (χ1) is 9.96. The van der Waals surface area contributed by atoms with Crippen molar-refractivity contribution in [3.8, 4) is 5.75 Å². The highest BCUT2D eigenvalue weighted by Crippen LogP contribution is 2.27. The molecule has 0 aliphatic heterocycles. The van der Waals surface area contributed by atoms with Gasteiger partial charge in [0.15, 0.2) is 0 Å². The van der Waals surface area contributed by atoms with Gasteiger partial charge in [-0.1, -0.05) is 0 Å². The molecule has 0 aromatic heterocycles. The van der Waals surface area contributed by atoms with Crippen LogP contribution in [0, 0.1) is 10.1 Å². The first-order valence-electron chi connectivity index (χ1n) is 6.78. The van der Waals surface area contributed by atoms with Gasteiger partial charge in [-0.05, 0) is 20.3 Å². The lowest BCUT2D eigenvalue weighted by molar-refractivity contribution is -0.384. The van der Waals surface area contributed by atoms with Gasteiger partial charge >= 0.3 is 0 Å². The van der Waals surface area contributed by atoms with Gasteiger partial charge in [0.2, 0.25) is 0 Å². The molecule has 7 heteroatoms. The SMILES string of the molecule is COCC(CCO)Nc1cc(OC(C)C)cc([N+](=O)[O-])c1. The number of nitro benzene ring substituents is 1. The first kappa shape index (κ1) is 17.2. The Morgan fingerprint density at radius 3 is 2.62 bits per heavy atom. The van der Waals surface area contributed by atoms with E-state index in [0.717, 1.165) is 0 Å². The van der Waals surface area contributed by atoms with Crippen molar-refractivity contribution in [2.75, 3.05) is 25.6 Å². The Balaban J connectivity index is 2.97. The van der Waals surface area contributed by atoms with Crippen molar-refractivity contribution in [2.45, 2.75) is 32.4 Å². The zero-order chi connectivity index (χ0) is 15.8. The van der Waals surface area contributed by atoms with Gasteiger partial charge in [0.1, 0.15) is 5.75 Å². The summed E-state index contributed by atoms with van der Waals surface area (Å²) < 4.78 is 10.6. The summed E-state index contributed by atoms with van der Waals surface area (Å²) in [6, 6.07) is 4.40. The van der Waals surface area contributed by atoms with Gasteiger partial charge in [-0.15, -0.1) is 0 Å². The second kappa shape index (κ2) is 8.43. The smallest absolute Gasteiger partial charge is 0.275 e. The van der Waals surface area contributed by atoms with E-state index in [2.05, 4.69) is 5.32 Å². The van der Waals surface area contributed by atoms with Gasteiger partial charge < -0.3 is 19.9 Å². The van der Waals surface area contributed by atoms with Crippen molar-refractivity contribution in [3.05, 3.63) is 28.3 Å². The summed E-state index contributed by atoms with van der Waals surface area (Å²) in [5, 5.41) is 23.1. The molecular weight excluding hydrogens is 276 g/mol. The van der Waals surface area contributed by atoms with Crippen LogP contribution in [0.3, 0.4) is 0 Å². The molecule has 0 radical (unpaired) electrons. The van der Waals surface area contributed by atoms with Gasteiger partial charge in [-0.25, -0.2) is 0 Å². The number of aliphatic hydroxyl groups excluding tert-OH is 1. The molecule has 0 amide bonds. The first-order valence-corrected chi connectivity index (χ1v) is 6.78. The average molecular weight is 298 g/mol. The van der Waals surface area contributed by atoms with Crippen LogP contribution < -0.4 is 10.1 Å². The van der Waals surface area contributed by atoms with E-state index < -0.39 is 4.92 Å². The number of hydrogen-bond donors (Lipinski definition) is 2. The summed E-state index contributed by atoms with van der Waals surface area (Å²) >= 11 is 0. The minimum atomic E-state index is -0.463. The minimum absolute atomic E-state index is 0.00526. The summed E-state index contributed by atoms with van der Waals surface area (Å²) in [6.07, 6.45) is 0.406. The van der Waals surface area contributed by atoms with E-state index in [9.17, 15) is 10.1 Å². The number of hydrogen-bond acceptors (Lipinski definition) is 6. The predicted molar refractivity (Wildman–Crippen MR) is 79.8 cm³/mol. The number of ether oxygens (including phenoxy) is 2. The van der Waals surface area contributed by atoms with Crippen LogP contribution >= 0.6 is 0 Å². The number of anilines is 1. The summed E-state index contributed by atoms with van der Waals surface area (Å²) in [5.74, 6) is 0.432. The lowest BCUT2D eigenvalue weighted by Gasteiger charge is -2.19. The molecule has 2 N–H and O–H groups in total. The second-order valence-electron chi connectivity index (χ2n) is 4.95. The normalized spacial score (nSPS) is 12.2. The van der Waals surface area contributed by atoms with E-state index in [0.29, 0.717) is 24.5 Å². The third-order valence-electron chi connectivity index (χ3n) is 2.69. The van der Waals surface area contributed by atoms with E-state index in [1.165, 1.54) is 12.1 Å². The van der Waals surface area contributed by atoms with Gasteiger partial charge in [0, 0.05) is 31.5 Å². The fraction of sp³-hybridized carbons (Fsp3) is 0.571. The lowest BCUT2D eigenvalue weighted by Crippen LogP contribution is -2.26. The average Bonchev–Trinajstić information content (AvgIpc) is 2.38. The van der Waals surface area contributed by atoms with E-state index in [-0.39, 0.29) is 24.4 Å². The maximum atomic E-state index is 11.0. The highest BCUT2D eigenvalue weighted by Gasteiger charge is 2.14. The van der Waals surface area contributed by atoms with Gasteiger partial charge in [0.05, 0.1) is 29.7 Å². The van der Waals surface area contributed by atoms with Crippen LogP contribution in [0.25, 0.3) is 0 Å². The molecule has 1 atom stereocenters. The number of nitrogens with one attached hydrogen (secondary N) is 1. The van der Waals surface area contributed by atoms with Crippen LogP contribution in [0.2, 0.25) is 0 Å². The Morgan fingerprint density at radius 2 is 2.10 bits per heavy atom. The summed E-state index contributed by atoms with van der Waals surface area (Å²) in [4.78, 5) is 10.5. The molecule has 0 spiro atoms. The molecule has 1 unspecified atom stereocenters. The third-order valence-corrected chi connectivity index (χ3v) is 2.69. The van der Waals surface area contributed by atoms with E-state index in [1.54, 1.807) is 13.2 Å². The number of benzene rings is 1. The zero-order valence-electron chi connectivity index (χ0n) is 12.5. The second-order valence-corrected chi connectivity index (χ2v) is 4.95. The Labute approximate surface area is 124 Å². The molecule has 21 heavy (non-hydrogen) atoms. The molecule has 0 saturated heterocycles. The van der Waals surface area contributed by atoms with Crippen LogP contribution in [0.1, 0.15) is 20.3 Å². The molecule has 1 aromatic rings. The largest absolute Gasteiger partial charge is 0.491 e. The van der Waals surface area contributed by atoms with E-state index >= 15 is 0 Å². The van der Waals surface area contributed by atoms with E-state index in [4.69, 9.17) is 14.6 Å². The third kappa shape index (κ3) is 5.97. The molecule has 118 valence electrons. The predicted octanol–water partition coefficient (Wildman–Crippen LogP) is 2.19. The fourth-order valence-electron chi connectivity index (χ4n) is 1.90. The van der Waals surface area contributed by atoms with Crippen molar-refractivity contribution >= 4 is 11.4 Å². The van der Waals surface area contributed by atoms with Crippen molar-refractivity contribution < 1.29 is 19.5 Å². The molecule has 7 nitrogen and oxygen atoms in total. The van der Waals surface area contributed by atoms with Gasteiger partial charge in [0.25, 0.3) is 5.69 Å². The van der Waals surface area contributed by atoms with Crippen LogP contribution in [0.15, 0.2) is 18.2 Å². The molecular formula is C14H22N2O5. The molecule has 1 aromatic carbocycles. The molecule has 0 fully saturated rings. The van der Waals surface area contributed by atoms with Gasteiger partial charge in [-0.3, -0.25) is 10.1 Å².